The lowest BCUT2D eigenvalue weighted by Gasteiger charge is -2.24. The SMILES string of the molecule is CN(C)C(CCS)c1cc(Br)ccc1F. The van der Waals surface area contributed by atoms with Crippen molar-refractivity contribution in [2.45, 2.75) is 12.5 Å². The quantitative estimate of drug-likeness (QED) is 0.831. The van der Waals surface area contributed by atoms with E-state index in [2.05, 4.69) is 28.6 Å². The summed E-state index contributed by atoms with van der Waals surface area (Å²) in [4.78, 5) is 2.01. The van der Waals surface area contributed by atoms with Gasteiger partial charge in [-0.2, -0.15) is 12.6 Å². The molecule has 0 N–H and O–H groups in total. The second-order valence-electron chi connectivity index (χ2n) is 3.66. The third-order valence-electron chi connectivity index (χ3n) is 2.34. The molecule has 0 aliphatic rings. The number of nitrogens with zero attached hydrogens (tertiary/aromatic N) is 1. The van der Waals surface area contributed by atoms with Crippen molar-refractivity contribution < 1.29 is 4.39 Å². The van der Waals surface area contributed by atoms with E-state index in [9.17, 15) is 4.39 Å². The van der Waals surface area contributed by atoms with Crippen LogP contribution in [-0.2, 0) is 0 Å². The van der Waals surface area contributed by atoms with Gasteiger partial charge >= 0.3 is 0 Å². The number of thiol groups is 1. The highest BCUT2D eigenvalue weighted by Crippen LogP contribution is 2.27. The molecule has 1 unspecified atom stereocenters. The summed E-state index contributed by atoms with van der Waals surface area (Å²) >= 11 is 7.56. The van der Waals surface area contributed by atoms with Crippen molar-refractivity contribution in [1.82, 2.24) is 4.90 Å². The van der Waals surface area contributed by atoms with Crippen molar-refractivity contribution in [3.8, 4) is 0 Å². The Hall–Kier alpha value is -0.0600. The van der Waals surface area contributed by atoms with Gasteiger partial charge in [-0.05, 0) is 44.5 Å². The maximum Gasteiger partial charge on any atom is 0.128 e. The fraction of sp³-hybridized carbons (Fsp3) is 0.455. The molecular formula is C11H15BrFNS. The molecule has 1 aromatic carbocycles. The molecule has 0 aliphatic heterocycles. The van der Waals surface area contributed by atoms with Crippen LogP contribution in [0.5, 0.6) is 0 Å². The first kappa shape index (κ1) is 13.0. The third-order valence-corrected chi connectivity index (χ3v) is 3.09. The van der Waals surface area contributed by atoms with E-state index in [0.29, 0.717) is 0 Å². The van der Waals surface area contributed by atoms with Crippen molar-refractivity contribution in [2.24, 2.45) is 0 Å². The van der Waals surface area contributed by atoms with Crippen LogP contribution >= 0.6 is 28.6 Å². The minimum absolute atomic E-state index is 0.0833. The Balaban J connectivity index is 3.04. The molecule has 1 aromatic rings. The van der Waals surface area contributed by atoms with Crippen LogP contribution in [0.3, 0.4) is 0 Å². The molecule has 0 bridgehead atoms. The molecule has 0 aromatic heterocycles. The molecule has 0 saturated carbocycles. The van der Waals surface area contributed by atoms with E-state index in [1.54, 1.807) is 6.07 Å². The van der Waals surface area contributed by atoms with Crippen LogP contribution in [0, 0.1) is 5.82 Å². The molecule has 0 heterocycles. The van der Waals surface area contributed by atoms with Gasteiger partial charge in [0.05, 0.1) is 0 Å². The first-order valence-corrected chi connectivity index (χ1v) is 6.21. The normalized spacial score (nSPS) is 13.2. The minimum atomic E-state index is -0.154. The topological polar surface area (TPSA) is 3.24 Å². The van der Waals surface area contributed by atoms with Crippen molar-refractivity contribution in [3.63, 3.8) is 0 Å². The van der Waals surface area contributed by atoms with E-state index in [-0.39, 0.29) is 11.9 Å². The summed E-state index contributed by atoms with van der Waals surface area (Å²) in [5, 5.41) is 0. The van der Waals surface area contributed by atoms with Crippen LogP contribution in [0.1, 0.15) is 18.0 Å². The summed E-state index contributed by atoms with van der Waals surface area (Å²) < 4.78 is 14.5. The summed E-state index contributed by atoms with van der Waals surface area (Å²) in [6, 6.07) is 5.13. The Labute approximate surface area is 104 Å². The largest absolute Gasteiger partial charge is 0.302 e. The van der Waals surface area contributed by atoms with Gasteiger partial charge in [0.2, 0.25) is 0 Å². The molecule has 84 valence electrons. The van der Waals surface area contributed by atoms with Gasteiger partial charge in [-0.25, -0.2) is 4.39 Å². The predicted octanol–water partition coefficient (Wildman–Crippen LogP) is 3.51. The van der Waals surface area contributed by atoms with Crippen molar-refractivity contribution in [3.05, 3.63) is 34.1 Å². The average Bonchev–Trinajstić information content (AvgIpc) is 2.18. The second-order valence-corrected chi connectivity index (χ2v) is 5.02. The smallest absolute Gasteiger partial charge is 0.128 e. The Kier molecular flexibility index (Phi) is 5.09. The number of benzene rings is 1. The van der Waals surface area contributed by atoms with E-state index >= 15 is 0 Å². The van der Waals surface area contributed by atoms with Crippen molar-refractivity contribution in [1.29, 1.82) is 0 Å². The first-order valence-electron chi connectivity index (χ1n) is 4.78. The zero-order valence-electron chi connectivity index (χ0n) is 8.87. The van der Waals surface area contributed by atoms with Gasteiger partial charge < -0.3 is 4.90 Å². The van der Waals surface area contributed by atoms with E-state index in [1.165, 1.54) is 6.07 Å². The number of halogens is 2. The molecular weight excluding hydrogens is 277 g/mol. The molecule has 15 heavy (non-hydrogen) atoms. The molecule has 1 nitrogen and oxygen atoms in total. The first-order chi connectivity index (χ1) is 7.06. The van der Waals surface area contributed by atoms with Crippen LogP contribution in [0.4, 0.5) is 4.39 Å². The van der Waals surface area contributed by atoms with Gasteiger partial charge in [0.1, 0.15) is 5.82 Å². The van der Waals surface area contributed by atoms with E-state index in [4.69, 9.17) is 0 Å². The molecule has 1 atom stereocenters. The molecule has 0 spiro atoms. The monoisotopic (exact) mass is 291 g/mol. The van der Waals surface area contributed by atoms with Crippen LogP contribution in [0.15, 0.2) is 22.7 Å². The van der Waals surface area contributed by atoms with E-state index < -0.39 is 0 Å². The standard InChI is InChI=1S/C11H15BrFNS/c1-14(2)11(5-6-15)9-7-8(12)3-4-10(9)13/h3-4,7,11,15H,5-6H2,1-2H3. The zero-order valence-corrected chi connectivity index (χ0v) is 11.4. The van der Waals surface area contributed by atoms with Gasteiger partial charge in [-0.3, -0.25) is 0 Å². The molecule has 1 rings (SSSR count). The van der Waals surface area contributed by atoms with Crippen molar-refractivity contribution in [2.75, 3.05) is 19.8 Å². The second kappa shape index (κ2) is 5.87. The maximum absolute atomic E-state index is 13.6. The van der Waals surface area contributed by atoms with Crippen LogP contribution < -0.4 is 0 Å². The van der Waals surface area contributed by atoms with Gasteiger partial charge in [0.25, 0.3) is 0 Å². The highest BCUT2D eigenvalue weighted by molar-refractivity contribution is 9.10. The molecule has 0 saturated heterocycles. The maximum atomic E-state index is 13.6. The van der Waals surface area contributed by atoms with Crippen LogP contribution in [-0.4, -0.2) is 24.7 Å². The Morgan fingerprint density at radius 1 is 1.47 bits per heavy atom. The summed E-state index contributed by atoms with van der Waals surface area (Å²) in [7, 11) is 3.91. The molecule has 4 heteroatoms. The third kappa shape index (κ3) is 3.47. The van der Waals surface area contributed by atoms with Gasteiger partial charge in [-0.15, -0.1) is 0 Å². The molecule has 0 fully saturated rings. The number of rotatable bonds is 4. The fourth-order valence-electron chi connectivity index (χ4n) is 1.58. The lowest BCUT2D eigenvalue weighted by atomic mass is 10.0. The number of hydrogen-bond donors (Lipinski definition) is 1. The Morgan fingerprint density at radius 2 is 2.13 bits per heavy atom. The zero-order chi connectivity index (χ0) is 11.4. The van der Waals surface area contributed by atoms with E-state index in [1.807, 2.05) is 25.1 Å². The summed E-state index contributed by atoms with van der Waals surface area (Å²) in [6.45, 7) is 0. The lowest BCUT2D eigenvalue weighted by Crippen LogP contribution is -2.21. The summed E-state index contributed by atoms with van der Waals surface area (Å²) in [6.07, 6.45) is 0.837. The average molecular weight is 292 g/mol. The molecule has 0 aliphatic carbocycles. The van der Waals surface area contributed by atoms with Crippen molar-refractivity contribution >= 4 is 28.6 Å². The predicted molar refractivity (Wildman–Crippen MR) is 69.0 cm³/mol. The minimum Gasteiger partial charge on any atom is -0.302 e. The van der Waals surface area contributed by atoms with Gasteiger partial charge in [0, 0.05) is 16.1 Å². The van der Waals surface area contributed by atoms with E-state index in [0.717, 1.165) is 22.2 Å². The summed E-state index contributed by atoms with van der Waals surface area (Å²) in [5.41, 5.74) is 0.725. The summed E-state index contributed by atoms with van der Waals surface area (Å²) in [5.74, 6) is 0.591. The Morgan fingerprint density at radius 3 is 2.67 bits per heavy atom. The van der Waals surface area contributed by atoms with Gasteiger partial charge in [0.15, 0.2) is 0 Å². The number of hydrogen-bond acceptors (Lipinski definition) is 2. The highest BCUT2D eigenvalue weighted by atomic mass is 79.9. The Bertz CT molecular complexity index is 330. The molecule has 0 amide bonds. The lowest BCUT2D eigenvalue weighted by molar-refractivity contribution is 0.286. The highest BCUT2D eigenvalue weighted by Gasteiger charge is 2.17. The van der Waals surface area contributed by atoms with Crippen LogP contribution in [0.2, 0.25) is 0 Å². The van der Waals surface area contributed by atoms with Gasteiger partial charge in [-0.1, -0.05) is 15.9 Å². The fourth-order valence-corrected chi connectivity index (χ4v) is 2.21. The molecule has 0 radical (unpaired) electrons. The van der Waals surface area contributed by atoms with Crippen LogP contribution in [0.25, 0.3) is 0 Å².